The second-order valence-corrected chi connectivity index (χ2v) is 9.91. The number of benzene rings is 2. The van der Waals surface area contributed by atoms with Crippen molar-refractivity contribution in [2.24, 2.45) is 0 Å². The van der Waals surface area contributed by atoms with E-state index >= 15 is 0 Å². The molecule has 0 radical (unpaired) electrons. The molecule has 2 aliphatic rings. The molecule has 1 N–H and O–H groups in total. The van der Waals surface area contributed by atoms with Gasteiger partial charge in [0.1, 0.15) is 0 Å². The maximum Gasteiger partial charge on any atom is 0.416 e. The fourth-order valence-electron chi connectivity index (χ4n) is 4.07. The molecule has 176 valence electrons. The molecule has 0 aliphatic carbocycles. The molecular weight excluding hydrogens is 473 g/mol. The molecule has 12 heteroatoms. The fraction of sp³-hybridized carbons (Fsp3) is 0.227. The van der Waals surface area contributed by atoms with Gasteiger partial charge in [0.25, 0.3) is 5.91 Å². The minimum absolute atomic E-state index is 0.0362. The molecule has 0 unspecified atom stereocenters. The number of amides is 3. The first-order valence-corrected chi connectivity index (χ1v) is 11.7. The summed E-state index contributed by atoms with van der Waals surface area (Å²) in [6.45, 7) is -0.0706. The van der Waals surface area contributed by atoms with E-state index in [9.17, 15) is 31.2 Å². The molecule has 0 saturated carbocycles. The maximum absolute atomic E-state index is 13.3. The second-order valence-electron chi connectivity index (χ2n) is 7.92. The van der Waals surface area contributed by atoms with Crippen molar-refractivity contribution in [3.63, 3.8) is 0 Å². The Morgan fingerprint density at radius 2 is 1.85 bits per heavy atom. The number of nitriles is 1. The van der Waals surface area contributed by atoms with Gasteiger partial charge in [-0.05, 0) is 35.9 Å². The lowest BCUT2D eigenvalue weighted by Crippen LogP contribution is -2.47. The van der Waals surface area contributed by atoms with Gasteiger partial charge in [0.05, 0.1) is 51.6 Å². The SMILES string of the molecule is CN1CC2=C(C1=O)[C@@H](c1ccc(C#N)cc1S(C)(=O)=O)NC(=O)N2c1cccc(C(F)(F)F)c1. The van der Waals surface area contributed by atoms with Crippen LogP contribution in [0.25, 0.3) is 0 Å². The van der Waals surface area contributed by atoms with Crippen LogP contribution in [0, 0.1) is 11.3 Å². The molecule has 2 aromatic rings. The average molecular weight is 490 g/mol. The summed E-state index contributed by atoms with van der Waals surface area (Å²) in [7, 11) is -2.41. The molecule has 2 heterocycles. The summed E-state index contributed by atoms with van der Waals surface area (Å²) in [4.78, 5) is 28.2. The van der Waals surface area contributed by atoms with Gasteiger partial charge in [-0.15, -0.1) is 0 Å². The molecule has 4 rings (SSSR count). The van der Waals surface area contributed by atoms with Crippen LogP contribution < -0.4 is 10.2 Å². The molecule has 0 aromatic heterocycles. The number of rotatable bonds is 3. The fourth-order valence-corrected chi connectivity index (χ4v) is 5.02. The summed E-state index contributed by atoms with van der Waals surface area (Å²) in [6.07, 6.45) is -3.71. The third-order valence-electron chi connectivity index (χ3n) is 5.59. The summed E-state index contributed by atoms with van der Waals surface area (Å²) in [5, 5.41) is 11.7. The average Bonchev–Trinajstić information content (AvgIpc) is 3.05. The van der Waals surface area contributed by atoms with E-state index in [0.29, 0.717) is 0 Å². The molecule has 0 fully saturated rings. The third kappa shape index (κ3) is 3.88. The zero-order chi connectivity index (χ0) is 25.0. The molecule has 3 amide bonds. The summed E-state index contributed by atoms with van der Waals surface area (Å²) >= 11 is 0. The standard InChI is InChI=1S/C22H17F3N4O4S/c1-28-11-16-18(20(28)30)19(15-7-6-12(10-26)8-17(15)34(2,32)33)27-21(31)29(16)14-5-3-4-13(9-14)22(23,24)25/h3-9,19H,11H2,1-2H3,(H,27,31)/t19-/m1/s1. The first-order chi connectivity index (χ1) is 15.8. The minimum atomic E-state index is -4.64. The highest BCUT2D eigenvalue weighted by Gasteiger charge is 2.45. The Bertz CT molecular complexity index is 1410. The lowest BCUT2D eigenvalue weighted by atomic mass is 9.94. The number of carbonyl (C=O) groups excluding carboxylic acids is 2. The van der Waals surface area contributed by atoms with Gasteiger partial charge in [-0.25, -0.2) is 13.2 Å². The van der Waals surface area contributed by atoms with Crippen molar-refractivity contribution >= 4 is 27.5 Å². The highest BCUT2D eigenvalue weighted by molar-refractivity contribution is 7.90. The van der Waals surface area contributed by atoms with Crippen LogP contribution in [-0.4, -0.2) is 45.1 Å². The lowest BCUT2D eigenvalue weighted by molar-refractivity contribution is -0.137. The van der Waals surface area contributed by atoms with Crippen molar-refractivity contribution in [1.29, 1.82) is 5.26 Å². The first kappa shape index (κ1) is 23.3. The van der Waals surface area contributed by atoms with E-state index in [4.69, 9.17) is 5.26 Å². The van der Waals surface area contributed by atoms with Crippen molar-refractivity contribution in [2.75, 3.05) is 24.7 Å². The molecule has 2 aromatic carbocycles. The van der Waals surface area contributed by atoms with Gasteiger partial charge in [0.2, 0.25) is 0 Å². The third-order valence-corrected chi connectivity index (χ3v) is 6.74. The number of carbonyl (C=O) groups is 2. The molecule has 0 saturated heterocycles. The predicted molar refractivity (Wildman–Crippen MR) is 114 cm³/mol. The summed E-state index contributed by atoms with van der Waals surface area (Å²) in [5.74, 6) is -0.513. The summed E-state index contributed by atoms with van der Waals surface area (Å²) < 4.78 is 64.7. The second kappa shape index (κ2) is 7.88. The number of alkyl halides is 3. The maximum atomic E-state index is 13.3. The molecular formula is C22H17F3N4O4S. The van der Waals surface area contributed by atoms with Gasteiger partial charge in [-0.3, -0.25) is 9.69 Å². The van der Waals surface area contributed by atoms with Crippen molar-refractivity contribution in [1.82, 2.24) is 10.2 Å². The van der Waals surface area contributed by atoms with E-state index in [2.05, 4.69) is 5.32 Å². The van der Waals surface area contributed by atoms with E-state index in [1.807, 2.05) is 6.07 Å². The quantitative estimate of drug-likeness (QED) is 0.711. The zero-order valence-corrected chi connectivity index (χ0v) is 18.7. The number of urea groups is 1. The lowest BCUT2D eigenvalue weighted by Gasteiger charge is -2.34. The van der Waals surface area contributed by atoms with E-state index in [1.165, 1.54) is 30.1 Å². The summed E-state index contributed by atoms with van der Waals surface area (Å²) in [6, 6.07) is 7.83. The monoisotopic (exact) mass is 490 g/mol. The van der Waals surface area contributed by atoms with Crippen LogP contribution in [0.5, 0.6) is 0 Å². The summed E-state index contributed by atoms with van der Waals surface area (Å²) in [5.41, 5.74) is -0.732. The highest BCUT2D eigenvalue weighted by Crippen LogP contribution is 2.41. The normalized spacial score (nSPS) is 18.6. The molecule has 34 heavy (non-hydrogen) atoms. The minimum Gasteiger partial charge on any atom is -0.336 e. The zero-order valence-electron chi connectivity index (χ0n) is 17.8. The number of anilines is 1. The first-order valence-electron chi connectivity index (χ1n) is 9.83. The van der Waals surface area contributed by atoms with Gasteiger partial charge in [0.15, 0.2) is 9.84 Å². The van der Waals surface area contributed by atoms with Crippen molar-refractivity contribution in [3.05, 3.63) is 70.4 Å². The van der Waals surface area contributed by atoms with Crippen molar-refractivity contribution in [3.8, 4) is 6.07 Å². The molecule has 8 nitrogen and oxygen atoms in total. The number of likely N-dealkylation sites (N-methyl/N-ethyl adjacent to an activating group) is 1. The predicted octanol–water partition coefficient (Wildman–Crippen LogP) is 2.98. The topological polar surface area (TPSA) is 111 Å². The van der Waals surface area contributed by atoms with Gasteiger partial charge in [-0.1, -0.05) is 12.1 Å². The molecule has 1 atom stereocenters. The van der Waals surface area contributed by atoms with E-state index in [0.717, 1.165) is 35.4 Å². The van der Waals surface area contributed by atoms with Crippen LogP contribution in [0.2, 0.25) is 0 Å². The Morgan fingerprint density at radius 1 is 1.15 bits per heavy atom. The molecule has 0 spiro atoms. The van der Waals surface area contributed by atoms with Crippen LogP contribution in [-0.2, 0) is 20.8 Å². The van der Waals surface area contributed by atoms with Crippen molar-refractivity contribution in [2.45, 2.75) is 17.1 Å². The number of nitrogens with zero attached hydrogens (tertiary/aromatic N) is 3. The number of nitrogens with one attached hydrogen (secondary N) is 1. The molecule has 0 bridgehead atoms. The molecule has 2 aliphatic heterocycles. The van der Waals surface area contributed by atoms with Crippen LogP contribution >= 0.6 is 0 Å². The van der Waals surface area contributed by atoms with E-state index < -0.39 is 39.6 Å². The van der Waals surface area contributed by atoms with Gasteiger partial charge >= 0.3 is 12.2 Å². The number of hydrogen-bond donors (Lipinski definition) is 1. The number of hydrogen-bond acceptors (Lipinski definition) is 5. The largest absolute Gasteiger partial charge is 0.416 e. The van der Waals surface area contributed by atoms with E-state index in [1.54, 1.807) is 0 Å². The van der Waals surface area contributed by atoms with Gasteiger partial charge in [-0.2, -0.15) is 18.4 Å². The smallest absolute Gasteiger partial charge is 0.336 e. The van der Waals surface area contributed by atoms with Crippen LogP contribution in [0.3, 0.4) is 0 Å². The van der Waals surface area contributed by atoms with Crippen LogP contribution in [0.4, 0.5) is 23.7 Å². The van der Waals surface area contributed by atoms with Crippen molar-refractivity contribution < 1.29 is 31.2 Å². The van der Waals surface area contributed by atoms with E-state index in [-0.39, 0.29) is 39.5 Å². The van der Waals surface area contributed by atoms with Crippen LogP contribution in [0.1, 0.15) is 22.7 Å². The Kier molecular flexibility index (Phi) is 5.40. The number of halogens is 3. The Hall–Kier alpha value is -3.85. The Labute approximate surface area is 192 Å². The van der Waals surface area contributed by atoms with Crippen LogP contribution in [0.15, 0.2) is 58.6 Å². The van der Waals surface area contributed by atoms with Gasteiger partial charge < -0.3 is 10.2 Å². The Morgan fingerprint density at radius 3 is 2.47 bits per heavy atom. The number of sulfone groups is 1. The Balaban J connectivity index is 1.92. The highest BCUT2D eigenvalue weighted by atomic mass is 32.2. The van der Waals surface area contributed by atoms with Gasteiger partial charge in [0, 0.05) is 13.3 Å².